The second-order valence-electron chi connectivity index (χ2n) is 8.03. The van der Waals surface area contributed by atoms with Gasteiger partial charge >= 0.3 is 0 Å². The van der Waals surface area contributed by atoms with Crippen LogP contribution in [0.3, 0.4) is 0 Å². The average molecular weight is 480 g/mol. The van der Waals surface area contributed by atoms with E-state index in [1.807, 2.05) is 4.90 Å². The number of benzene rings is 2. The number of ether oxygens (including phenoxy) is 1. The van der Waals surface area contributed by atoms with Gasteiger partial charge in [-0.15, -0.1) is 0 Å². The predicted molar refractivity (Wildman–Crippen MR) is 123 cm³/mol. The van der Waals surface area contributed by atoms with Crippen LogP contribution >= 0.6 is 0 Å². The topological polar surface area (TPSA) is 96.8 Å². The molecule has 1 aliphatic rings. The Morgan fingerprint density at radius 2 is 1.86 bits per heavy atom. The van der Waals surface area contributed by atoms with E-state index in [0.29, 0.717) is 66.3 Å². The zero-order valence-electron chi connectivity index (χ0n) is 18.3. The lowest BCUT2D eigenvalue weighted by molar-refractivity contribution is 0.122. The number of imidazole rings is 2. The third-order valence-electron chi connectivity index (χ3n) is 5.78. The molecule has 4 heterocycles. The largest absolute Gasteiger partial charge is 0.378 e. The quantitative estimate of drug-likeness (QED) is 0.397. The van der Waals surface area contributed by atoms with Crippen molar-refractivity contribution in [3.05, 3.63) is 66.0 Å². The summed E-state index contributed by atoms with van der Waals surface area (Å²) in [6, 6.07) is 8.62. The van der Waals surface area contributed by atoms with Crippen molar-refractivity contribution in [3.63, 3.8) is 0 Å². The molecule has 0 radical (unpaired) electrons. The Kier molecular flexibility index (Phi) is 5.21. The van der Waals surface area contributed by atoms with Crippen LogP contribution in [0.5, 0.6) is 0 Å². The van der Waals surface area contributed by atoms with Gasteiger partial charge in [-0.2, -0.15) is 9.97 Å². The van der Waals surface area contributed by atoms with Gasteiger partial charge in [-0.25, -0.2) is 23.1 Å². The van der Waals surface area contributed by atoms with Crippen molar-refractivity contribution in [1.82, 2.24) is 29.5 Å². The van der Waals surface area contributed by atoms with Crippen molar-refractivity contribution < 1.29 is 17.9 Å². The second-order valence-corrected chi connectivity index (χ2v) is 8.03. The predicted octanol–water partition coefficient (Wildman–Crippen LogP) is 3.56. The van der Waals surface area contributed by atoms with Crippen molar-refractivity contribution in [2.75, 3.05) is 36.5 Å². The van der Waals surface area contributed by atoms with E-state index in [4.69, 9.17) is 9.72 Å². The van der Waals surface area contributed by atoms with E-state index in [1.165, 1.54) is 18.2 Å². The van der Waals surface area contributed by atoms with Crippen molar-refractivity contribution in [1.29, 1.82) is 0 Å². The average Bonchev–Trinajstić information content (AvgIpc) is 3.50. The van der Waals surface area contributed by atoms with Crippen molar-refractivity contribution in [2.45, 2.75) is 6.54 Å². The van der Waals surface area contributed by atoms with E-state index < -0.39 is 11.6 Å². The third kappa shape index (κ3) is 3.91. The molecule has 3 aromatic heterocycles. The molecule has 1 fully saturated rings. The lowest BCUT2D eigenvalue weighted by Gasteiger charge is -2.27. The highest BCUT2D eigenvalue weighted by Crippen LogP contribution is 2.26. The molecule has 0 aliphatic carbocycles. The Labute approximate surface area is 196 Å². The van der Waals surface area contributed by atoms with E-state index in [2.05, 4.69) is 25.3 Å². The molecule has 1 aliphatic heterocycles. The van der Waals surface area contributed by atoms with Crippen LogP contribution in [0.15, 0.2) is 42.7 Å². The number of nitrogens with zero attached hydrogens (tertiary/aromatic N) is 6. The highest BCUT2D eigenvalue weighted by molar-refractivity contribution is 5.85. The molecule has 12 heteroatoms. The van der Waals surface area contributed by atoms with Gasteiger partial charge in [-0.1, -0.05) is 6.07 Å². The second kappa shape index (κ2) is 8.55. The van der Waals surface area contributed by atoms with Gasteiger partial charge in [0.25, 0.3) is 0 Å². The lowest BCUT2D eigenvalue weighted by Crippen LogP contribution is -2.37. The van der Waals surface area contributed by atoms with Crippen LogP contribution < -0.4 is 10.2 Å². The summed E-state index contributed by atoms with van der Waals surface area (Å²) in [5, 5.41) is 3.19. The number of rotatable bonds is 5. The van der Waals surface area contributed by atoms with Gasteiger partial charge in [0.15, 0.2) is 28.6 Å². The van der Waals surface area contributed by atoms with Gasteiger partial charge < -0.3 is 19.9 Å². The first-order valence-electron chi connectivity index (χ1n) is 11.0. The molecule has 6 rings (SSSR count). The number of morpholine rings is 1. The van der Waals surface area contributed by atoms with Gasteiger partial charge in [0, 0.05) is 13.1 Å². The van der Waals surface area contributed by atoms with Gasteiger partial charge in [-0.05, 0) is 30.3 Å². The Morgan fingerprint density at radius 3 is 2.69 bits per heavy atom. The summed E-state index contributed by atoms with van der Waals surface area (Å²) in [4.78, 5) is 23.0. The molecule has 1 saturated heterocycles. The maximum absolute atomic E-state index is 14.1. The first-order valence-corrected chi connectivity index (χ1v) is 11.0. The van der Waals surface area contributed by atoms with E-state index >= 15 is 0 Å². The number of aromatic nitrogens is 6. The molecule has 178 valence electrons. The smallest absolute Gasteiger partial charge is 0.229 e. The molecular formula is C23H19F3N8O. The number of H-pyrrole nitrogens is 1. The van der Waals surface area contributed by atoms with Crippen LogP contribution in [0.4, 0.5) is 24.9 Å². The fourth-order valence-corrected chi connectivity index (χ4v) is 4.05. The number of fused-ring (bicyclic) bond motifs is 2. The molecule has 0 saturated carbocycles. The third-order valence-corrected chi connectivity index (χ3v) is 5.78. The maximum atomic E-state index is 14.1. The van der Waals surface area contributed by atoms with E-state index in [0.717, 1.165) is 6.07 Å². The molecule has 9 nitrogen and oxygen atoms in total. The number of hydrogen-bond donors (Lipinski definition) is 2. The highest BCUT2D eigenvalue weighted by atomic mass is 19.2. The summed E-state index contributed by atoms with van der Waals surface area (Å²) in [5.74, 6) is -1.04. The summed E-state index contributed by atoms with van der Waals surface area (Å²) >= 11 is 0. The van der Waals surface area contributed by atoms with Crippen molar-refractivity contribution in [2.24, 2.45) is 0 Å². The molecule has 5 aromatic rings. The van der Waals surface area contributed by atoms with Crippen molar-refractivity contribution >= 4 is 34.0 Å². The number of hydrogen-bond acceptors (Lipinski definition) is 7. The fourth-order valence-electron chi connectivity index (χ4n) is 4.05. The fraction of sp³-hybridized carbons (Fsp3) is 0.217. The summed E-state index contributed by atoms with van der Waals surface area (Å²) < 4.78 is 48.7. The minimum atomic E-state index is -1.00. The molecule has 0 spiro atoms. The Bertz CT molecular complexity index is 1540. The van der Waals surface area contributed by atoms with Crippen LogP contribution in [0.1, 0.15) is 5.82 Å². The van der Waals surface area contributed by atoms with Crippen LogP contribution in [-0.2, 0) is 11.3 Å². The molecular weight excluding hydrogens is 461 g/mol. The monoisotopic (exact) mass is 480 g/mol. The first-order chi connectivity index (χ1) is 17.1. The number of aromatic amines is 1. The van der Waals surface area contributed by atoms with Crippen LogP contribution in [0.25, 0.3) is 27.9 Å². The van der Waals surface area contributed by atoms with Gasteiger partial charge in [-0.3, -0.25) is 4.57 Å². The summed E-state index contributed by atoms with van der Waals surface area (Å²) in [6.07, 6.45) is 1.56. The summed E-state index contributed by atoms with van der Waals surface area (Å²) in [5.41, 5.74) is 1.85. The van der Waals surface area contributed by atoms with Crippen LogP contribution in [0, 0.1) is 17.5 Å². The first kappa shape index (κ1) is 21.4. The highest BCUT2D eigenvalue weighted by Gasteiger charge is 2.20. The van der Waals surface area contributed by atoms with E-state index in [9.17, 15) is 13.2 Å². The standard InChI is InChI=1S/C23H19F3N8O/c24-13-2-1-3-14(10-13)34-12-28-20-21(31-23(32-22(20)34)33-6-8-35-9-7-33)27-11-17-29-16-5-4-15(25)18(26)19(16)30-17/h1-5,10,12H,6-9,11H2,(H,29,30)(H,27,31,32). The van der Waals surface area contributed by atoms with Gasteiger partial charge in [0.1, 0.15) is 23.5 Å². The molecule has 0 bridgehead atoms. The zero-order chi connectivity index (χ0) is 23.9. The molecule has 0 unspecified atom stereocenters. The molecule has 0 amide bonds. The van der Waals surface area contributed by atoms with Gasteiger partial charge in [0.2, 0.25) is 5.95 Å². The Balaban J connectivity index is 1.40. The van der Waals surface area contributed by atoms with Gasteiger partial charge in [0.05, 0.1) is 31.0 Å². The summed E-state index contributed by atoms with van der Waals surface area (Å²) in [6.45, 7) is 2.49. The SMILES string of the molecule is Fc1cccc(-n2cnc3c(NCc4nc5c(F)c(F)ccc5[nH]4)nc(N4CCOCC4)nc32)c1. The van der Waals surface area contributed by atoms with Crippen molar-refractivity contribution in [3.8, 4) is 5.69 Å². The molecule has 35 heavy (non-hydrogen) atoms. The molecule has 2 N–H and O–H groups in total. The lowest BCUT2D eigenvalue weighted by atomic mass is 10.3. The Hall–Kier alpha value is -4.19. The van der Waals surface area contributed by atoms with Crippen LogP contribution in [0.2, 0.25) is 0 Å². The van der Waals surface area contributed by atoms with Crippen LogP contribution in [-0.4, -0.2) is 55.8 Å². The normalized spacial score (nSPS) is 14.2. The number of halogens is 3. The minimum Gasteiger partial charge on any atom is -0.378 e. The minimum absolute atomic E-state index is 0.0703. The maximum Gasteiger partial charge on any atom is 0.229 e. The Morgan fingerprint density at radius 1 is 1.00 bits per heavy atom. The molecule has 2 aromatic carbocycles. The zero-order valence-corrected chi connectivity index (χ0v) is 18.3. The number of nitrogens with one attached hydrogen (secondary N) is 2. The summed E-state index contributed by atoms with van der Waals surface area (Å²) in [7, 11) is 0. The van der Waals surface area contributed by atoms with E-state index in [-0.39, 0.29) is 17.9 Å². The molecule has 0 atom stereocenters. The van der Waals surface area contributed by atoms with E-state index in [1.54, 1.807) is 23.0 Å². The number of anilines is 2.